The molecule has 0 saturated carbocycles. The highest BCUT2D eigenvalue weighted by atomic mass is 15.2. The third-order valence-electron chi connectivity index (χ3n) is 3.41. The van der Waals surface area contributed by atoms with E-state index in [1.165, 1.54) is 16.8 Å². The number of aryl methyl sites for hydroxylation is 3. The fraction of sp³-hybridized carbons (Fsp3) is 0.400. The maximum atomic E-state index is 5.95. The Morgan fingerprint density at radius 1 is 1.26 bits per heavy atom. The van der Waals surface area contributed by atoms with Crippen LogP contribution < -0.4 is 10.6 Å². The van der Waals surface area contributed by atoms with Gasteiger partial charge in [-0.15, -0.1) is 0 Å². The monoisotopic (exact) mass is 258 g/mol. The molecule has 4 heteroatoms. The van der Waals surface area contributed by atoms with Gasteiger partial charge in [0.25, 0.3) is 0 Å². The predicted molar refractivity (Wildman–Crippen MR) is 79.3 cm³/mol. The molecular formula is C15H22N4. The molecule has 0 aliphatic rings. The largest absolute Gasteiger partial charge is 0.366 e. The summed E-state index contributed by atoms with van der Waals surface area (Å²) >= 11 is 0. The summed E-state index contributed by atoms with van der Waals surface area (Å²) in [6.07, 6.45) is 3.91. The van der Waals surface area contributed by atoms with Gasteiger partial charge in [-0.1, -0.05) is 6.07 Å². The van der Waals surface area contributed by atoms with Crippen LogP contribution in [0.2, 0.25) is 0 Å². The molecule has 19 heavy (non-hydrogen) atoms. The summed E-state index contributed by atoms with van der Waals surface area (Å²) in [4.78, 5) is 2.22. The highest BCUT2D eigenvalue weighted by Crippen LogP contribution is 2.26. The van der Waals surface area contributed by atoms with Gasteiger partial charge in [0.15, 0.2) is 0 Å². The molecule has 0 aliphatic carbocycles. The van der Waals surface area contributed by atoms with Crippen molar-refractivity contribution < 1.29 is 0 Å². The summed E-state index contributed by atoms with van der Waals surface area (Å²) in [5, 5.41) is 4.23. The summed E-state index contributed by atoms with van der Waals surface area (Å²) in [5.74, 6) is 0. The lowest BCUT2D eigenvalue weighted by Crippen LogP contribution is -2.30. The number of nitrogens with two attached hydrogens (primary N) is 1. The molecule has 1 unspecified atom stereocenters. The normalized spacial score (nSPS) is 12.5. The molecule has 0 radical (unpaired) electrons. The summed E-state index contributed by atoms with van der Waals surface area (Å²) in [6, 6.07) is 6.70. The maximum Gasteiger partial charge on any atom is 0.0692 e. The number of anilines is 1. The van der Waals surface area contributed by atoms with Crippen LogP contribution in [0.4, 0.5) is 5.69 Å². The summed E-state index contributed by atoms with van der Waals surface area (Å²) in [6.45, 7) is 4.80. The van der Waals surface area contributed by atoms with E-state index in [9.17, 15) is 0 Å². The van der Waals surface area contributed by atoms with Crippen molar-refractivity contribution in [2.24, 2.45) is 12.8 Å². The van der Waals surface area contributed by atoms with Crippen LogP contribution in [0.3, 0.4) is 0 Å². The second kappa shape index (κ2) is 5.45. The van der Waals surface area contributed by atoms with E-state index in [2.05, 4.69) is 49.1 Å². The van der Waals surface area contributed by atoms with E-state index in [-0.39, 0.29) is 6.04 Å². The Bertz CT molecular complexity index is 539. The molecule has 0 bridgehead atoms. The number of nitrogens with zero attached hydrogens (tertiary/aromatic N) is 3. The first-order chi connectivity index (χ1) is 9.01. The number of hydrogen-bond acceptors (Lipinski definition) is 3. The second-order valence-corrected chi connectivity index (χ2v) is 5.16. The van der Waals surface area contributed by atoms with Crippen LogP contribution in [0.25, 0.3) is 0 Å². The Kier molecular flexibility index (Phi) is 3.90. The highest BCUT2D eigenvalue weighted by molar-refractivity contribution is 5.52. The van der Waals surface area contributed by atoms with Crippen LogP contribution in [0, 0.1) is 13.8 Å². The van der Waals surface area contributed by atoms with Crippen LogP contribution in [0.5, 0.6) is 0 Å². The first kappa shape index (κ1) is 13.6. The first-order valence-electron chi connectivity index (χ1n) is 6.51. The van der Waals surface area contributed by atoms with Gasteiger partial charge >= 0.3 is 0 Å². The van der Waals surface area contributed by atoms with Crippen molar-refractivity contribution in [3.05, 3.63) is 47.3 Å². The quantitative estimate of drug-likeness (QED) is 0.914. The van der Waals surface area contributed by atoms with Gasteiger partial charge in [-0.25, -0.2) is 0 Å². The lowest BCUT2D eigenvalue weighted by atomic mass is 10.1. The topological polar surface area (TPSA) is 47.1 Å². The van der Waals surface area contributed by atoms with E-state index in [0.717, 1.165) is 5.56 Å². The van der Waals surface area contributed by atoms with Gasteiger partial charge in [-0.2, -0.15) is 5.10 Å². The number of rotatable bonds is 4. The Morgan fingerprint density at radius 3 is 2.37 bits per heavy atom. The third-order valence-corrected chi connectivity index (χ3v) is 3.41. The zero-order valence-corrected chi connectivity index (χ0v) is 12.1. The second-order valence-electron chi connectivity index (χ2n) is 5.16. The van der Waals surface area contributed by atoms with E-state index in [1.807, 2.05) is 24.1 Å². The SMILES string of the molecule is Cc1cc(C)cc(N(C)C(CN)c2cnn(C)c2)c1. The van der Waals surface area contributed by atoms with E-state index in [0.29, 0.717) is 6.54 Å². The van der Waals surface area contributed by atoms with Gasteiger partial charge in [0, 0.05) is 38.1 Å². The molecule has 1 atom stereocenters. The van der Waals surface area contributed by atoms with Crippen LogP contribution in [-0.2, 0) is 7.05 Å². The molecule has 1 aromatic heterocycles. The predicted octanol–water partition coefficient (Wildman–Crippen LogP) is 2.17. The van der Waals surface area contributed by atoms with E-state index < -0.39 is 0 Å². The molecule has 4 nitrogen and oxygen atoms in total. The van der Waals surface area contributed by atoms with Crippen LogP contribution in [0.15, 0.2) is 30.6 Å². The van der Waals surface area contributed by atoms with Crippen molar-refractivity contribution in [3.8, 4) is 0 Å². The molecule has 2 N–H and O–H groups in total. The molecule has 0 aliphatic heterocycles. The standard InChI is InChI=1S/C15H22N4/c1-11-5-12(2)7-14(6-11)19(4)15(8-16)13-9-17-18(3)10-13/h5-7,9-10,15H,8,16H2,1-4H3. The van der Waals surface area contributed by atoms with Crippen molar-refractivity contribution in [2.75, 3.05) is 18.5 Å². The van der Waals surface area contributed by atoms with Gasteiger partial charge in [0.05, 0.1) is 12.2 Å². The van der Waals surface area contributed by atoms with Gasteiger partial charge in [0.2, 0.25) is 0 Å². The minimum Gasteiger partial charge on any atom is -0.366 e. The smallest absolute Gasteiger partial charge is 0.0692 e. The van der Waals surface area contributed by atoms with Crippen LogP contribution in [-0.4, -0.2) is 23.4 Å². The molecule has 1 heterocycles. The van der Waals surface area contributed by atoms with Crippen molar-refractivity contribution in [1.82, 2.24) is 9.78 Å². The lowest BCUT2D eigenvalue weighted by Gasteiger charge is -2.29. The van der Waals surface area contributed by atoms with Crippen molar-refractivity contribution in [3.63, 3.8) is 0 Å². The minimum atomic E-state index is 0.148. The van der Waals surface area contributed by atoms with Crippen LogP contribution in [0.1, 0.15) is 22.7 Å². The fourth-order valence-electron chi connectivity index (χ4n) is 2.46. The summed E-state index contributed by atoms with van der Waals surface area (Å²) in [5.41, 5.74) is 10.8. The maximum absolute atomic E-state index is 5.95. The van der Waals surface area contributed by atoms with E-state index in [1.54, 1.807) is 0 Å². The summed E-state index contributed by atoms with van der Waals surface area (Å²) < 4.78 is 1.81. The number of aromatic nitrogens is 2. The van der Waals surface area contributed by atoms with E-state index in [4.69, 9.17) is 5.73 Å². The molecule has 0 spiro atoms. The Hall–Kier alpha value is -1.81. The molecule has 102 valence electrons. The molecule has 0 fully saturated rings. The van der Waals surface area contributed by atoms with Crippen molar-refractivity contribution in [1.29, 1.82) is 0 Å². The zero-order valence-electron chi connectivity index (χ0n) is 12.1. The van der Waals surface area contributed by atoms with Gasteiger partial charge < -0.3 is 10.6 Å². The van der Waals surface area contributed by atoms with Gasteiger partial charge in [-0.3, -0.25) is 4.68 Å². The molecule has 2 rings (SSSR count). The number of likely N-dealkylation sites (N-methyl/N-ethyl adjacent to an activating group) is 1. The molecule has 0 amide bonds. The average Bonchev–Trinajstić information content (AvgIpc) is 2.75. The molecule has 1 aromatic carbocycles. The van der Waals surface area contributed by atoms with Crippen molar-refractivity contribution >= 4 is 5.69 Å². The molecule has 0 saturated heterocycles. The number of hydrogen-bond donors (Lipinski definition) is 1. The molecule has 2 aromatic rings. The average molecular weight is 258 g/mol. The Balaban J connectivity index is 2.32. The first-order valence-corrected chi connectivity index (χ1v) is 6.51. The van der Waals surface area contributed by atoms with Crippen LogP contribution >= 0.6 is 0 Å². The number of benzene rings is 1. The highest BCUT2D eigenvalue weighted by Gasteiger charge is 2.17. The minimum absolute atomic E-state index is 0.148. The fourth-order valence-corrected chi connectivity index (χ4v) is 2.46. The van der Waals surface area contributed by atoms with E-state index >= 15 is 0 Å². The van der Waals surface area contributed by atoms with Gasteiger partial charge in [0.1, 0.15) is 0 Å². The third kappa shape index (κ3) is 2.96. The van der Waals surface area contributed by atoms with Crippen molar-refractivity contribution in [2.45, 2.75) is 19.9 Å². The molecular weight excluding hydrogens is 236 g/mol. The Labute approximate surface area is 114 Å². The zero-order chi connectivity index (χ0) is 14.0. The summed E-state index contributed by atoms with van der Waals surface area (Å²) in [7, 11) is 4.01. The van der Waals surface area contributed by atoms with Gasteiger partial charge in [-0.05, 0) is 37.1 Å². The lowest BCUT2D eigenvalue weighted by molar-refractivity contribution is 0.678. The Morgan fingerprint density at radius 2 is 1.89 bits per heavy atom.